The molecule has 0 heterocycles. The molecule has 4 rings (SSSR count). The number of carbonyl (C=O) groups is 4. The molecule has 9 nitrogen and oxygen atoms in total. The predicted octanol–water partition coefficient (Wildman–Crippen LogP) is 3.40. The zero-order chi connectivity index (χ0) is 29.8. The van der Waals surface area contributed by atoms with Crippen LogP contribution in [0, 0.1) is 28.1 Å². The van der Waals surface area contributed by atoms with E-state index in [-0.39, 0.29) is 12.0 Å². The zero-order valence-electron chi connectivity index (χ0n) is 24.0. The normalized spacial score (nSPS) is 40.1. The molecule has 0 radical (unpaired) electrons. The van der Waals surface area contributed by atoms with Crippen LogP contribution < -0.4 is 0 Å². The van der Waals surface area contributed by atoms with Gasteiger partial charge < -0.3 is 24.4 Å². The van der Waals surface area contributed by atoms with Crippen LogP contribution in [0.5, 0.6) is 0 Å². The number of hydrogen-bond acceptors (Lipinski definition) is 9. The van der Waals surface area contributed by atoms with Crippen LogP contribution in [0.25, 0.3) is 0 Å². The molecule has 0 spiro atoms. The minimum absolute atomic E-state index is 0.0423. The summed E-state index contributed by atoms with van der Waals surface area (Å²) in [5.74, 6) is -3.93. The minimum atomic E-state index is -2.17. The smallest absolute Gasteiger partial charge is 0.338 e. The number of ketones is 1. The van der Waals surface area contributed by atoms with E-state index < -0.39 is 81.8 Å². The fourth-order valence-corrected chi connectivity index (χ4v) is 7.96. The Morgan fingerprint density at radius 3 is 2.10 bits per heavy atom. The molecule has 1 aromatic rings. The summed E-state index contributed by atoms with van der Waals surface area (Å²) in [5, 5.41) is 23.6. The first-order valence-electron chi connectivity index (χ1n) is 13.7. The SMILES string of the molecule is C=CC1(C)CCC2C(O)(C1=O)C(O)CC1C(C)(C)C(OC(C)=O)C(OC(C)=O)C(OC(=O)c3ccccc3)C12C. The predicted molar refractivity (Wildman–Crippen MR) is 144 cm³/mol. The van der Waals surface area contributed by atoms with Gasteiger partial charge in [0.05, 0.1) is 11.7 Å². The molecule has 3 fully saturated rings. The van der Waals surface area contributed by atoms with Gasteiger partial charge in [-0.2, -0.15) is 0 Å². The van der Waals surface area contributed by atoms with Crippen LogP contribution in [0.15, 0.2) is 43.0 Å². The van der Waals surface area contributed by atoms with E-state index >= 15 is 0 Å². The number of ether oxygens (including phenoxy) is 3. The second kappa shape index (κ2) is 10.1. The molecule has 0 saturated heterocycles. The van der Waals surface area contributed by atoms with Crippen molar-refractivity contribution in [2.24, 2.45) is 28.1 Å². The molecule has 0 aromatic heterocycles. The molecule has 9 unspecified atom stereocenters. The van der Waals surface area contributed by atoms with Gasteiger partial charge in [-0.15, -0.1) is 6.58 Å². The van der Waals surface area contributed by atoms with Gasteiger partial charge in [-0.1, -0.05) is 45.0 Å². The monoisotopic (exact) mass is 556 g/mol. The van der Waals surface area contributed by atoms with E-state index in [0.717, 1.165) is 0 Å². The summed E-state index contributed by atoms with van der Waals surface area (Å²) in [7, 11) is 0. The number of benzene rings is 1. The van der Waals surface area contributed by atoms with Crippen molar-refractivity contribution in [2.45, 2.75) is 90.8 Å². The second-order valence-electron chi connectivity index (χ2n) is 12.7. The molecule has 3 aliphatic rings. The lowest BCUT2D eigenvalue weighted by molar-refractivity contribution is -0.301. The number of hydrogen-bond donors (Lipinski definition) is 2. The minimum Gasteiger partial charge on any atom is -0.458 e. The molecule has 218 valence electrons. The van der Waals surface area contributed by atoms with E-state index in [2.05, 4.69) is 6.58 Å². The quantitative estimate of drug-likeness (QED) is 0.318. The first-order chi connectivity index (χ1) is 18.5. The maximum absolute atomic E-state index is 13.9. The van der Waals surface area contributed by atoms with Crippen molar-refractivity contribution >= 4 is 23.7 Å². The fraction of sp³-hybridized carbons (Fsp3) is 0.613. The summed E-state index contributed by atoms with van der Waals surface area (Å²) in [4.78, 5) is 52.1. The number of fused-ring (bicyclic) bond motifs is 3. The standard InChI is InChI=1S/C31H40O9/c1-8-29(6)15-14-20-30(7)21(16-22(34)31(20,37)27(29)36)28(4,5)24(39-18(3)33)23(38-17(2)32)25(30)40-26(35)19-12-10-9-11-13-19/h8-13,20-25,34,37H,1,14-16H2,2-7H3. The Labute approximate surface area is 234 Å². The summed E-state index contributed by atoms with van der Waals surface area (Å²) in [6.07, 6.45) is -2.84. The largest absolute Gasteiger partial charge is 0.458 e. The third kappa shape index (κ3) is 4.38. The average molecular weight is 557 g/mol. The van der Waals surface area contributed by atoms with Crippen LogP contribution in [0.4, 0.5) is 0 Å². The molecule has 2 N–H and O–H groups in total. The van der Waals surface area contributed by atoms with Gasteiger partial charge in [0.2, 0.25) is 0 Å². The highest BCUT2D eigenvalue weighted by Gasteiger charge is 2.75. The molecule has 3 aliphatic carbocycles. The van der Waals surface area contributed by atoms with E-state index in [4.69, 9.17) is 14.2 Å². The Kier molecular flexibility index (Phi) is 7.56. The number of carbonyl (C=O) groups excluding carboxylic acids is 4. The highest BCUT2D eigenvalue weighted by molar-refractivity contribution is 5.95. The highest BCUT2D eigenvalue weighted by atomic mass is 16.6. The van der Waals surface area contributed by atoms with E-state index in [1.807, 2.05) is 20.8 Å². The van der Waals surface area contributed by atoms with Crippen LogP contribution in [-0.4, -0.2) is 63.9 Å². The Balaban J connectivity index is 1.94. The summed E-state index contributed by atoms with van der Waals surface area (Å²) < 4.78 is 17.7. The van der Waals surface area contributed by atoms with Crippen LogP contribution in [-0.2, 0) is 28.6 Å². The summed E-state index contributed by atoms with van der Waals surface area (Å²) in [6, 6.07) is 8.28. The molecule has 0 amide bonds. The van der Waals surface area contributed by atoms with Crippen molar-refractivity contribution in [2.75, 3.05) is 0 Å². The topological polar surface area (TPSA) is 136 Å². The van der Waals surface area contributed by atoms with Crippen LogP contribution >= 0.6 is 0 Å². The lowest BCUT2D eigenvalue weighted by Crippen LogP contribution is -2.78. The Morgan fingerprint density at radius 1 is 0.950 bits per heavy atom. The van der Waals surface area contributed by atoms with E-state index in [1.165, 1.54) is 19.9 Å². The van der Waals surface area contributed by atoms with Gasteiger partial charge in [0, 0.05) is 36.0 Å². The summed E-state index contributed by atoms with van der Waals surface area (Å²) in [6.45, 7) is 13.4. The van der Waals surface area contributed by atoms with Gasteiger partial charge in [-0.05, 0) is 44.2 Å². The first-order valence-corrected chi connectivity index (χ1v) is 13.7. The van der Waals surface area contributed by atoms with E-state index in [9.17, 15) is 29.4 Å². The number of aliphatic hydroxyl groups is 2. The van der Waals surface area contributed by atoms with Crippen LogP contribution in [0.2, 0.25) is 0 Å². The molecule has 1 aromatic carbocycles. The van der Waals surface area contributed by atoms with E-state index in [1.54, 1.807) is 37.3 Å². The van der Waals surface area contributed by atoms with Gasteiger partial charge in [0.25, 0.3) is 0 Å². The zero-order valence-corrected chi connectivity index (χ0v) is 24.0. The van der Waals surface area contributed by atoms with Crippen molar-refractivity contribution in [1.82, 2.24) is 0 Å². The highest BCUT2D eigenvalue weighted by Crippen LogP contribution is 2.67. The Morgan fingerprint density at radius 2 is 1.55 bits per heavy atom. The van der Waals surface area contributed by atoms with Crippen molar-refractivity contribution in [3.63, 3.8) is 0 Å². The maximum atomic E-state index is 13.9. The van der Waals surface area contributed by atoms with Gasteiger partial charge >= 0.3 is 17.9 Å². The Bertz CT molecular complexity index is 1210. The molecule has 9 heteroatoms. The van der Waals surface area contributed by atoms with Gasteiger partial charge in [-0.25, -0.2) is 4.79 Å². The molecule has 40 heavy (non-hydrogen) atoms. The van der Waals surface area contributed by atoms with Crippen molar-refractivity contribution in [3.8, 4) is 0 Å². The molecule has 3 saturated carbocycles. The number of rotatable bonds is 5. The van der Waals surface area contributed by atoms with E-state index in [0.29, 0.717) is 12.8 Å². The van der Waals surface area contributed by atoms with Crippen molar-refractivity contribution in [3.05, 3.63) is 48.6 Å². The summed E-state index contributed by atoms with van der Waals surface area (Å²) in [5.41, 5.74) is -5.10. The van der Waals surface area contributed by atoms with Crippen molar-refractivity contribution in [1.29, 1.82) is 0 Å². The molecule has 0 aliphatic heterocycles. The van der Waals surface area contributed by atoms with Crippen LogP contribution in [0.3, 0.4) is 0 Å². The third-order valence-corrected chi connectivity index (χ3v) is 9.96. The average Bonchev–Trinajstić information content (AvgIpc) is 2.89. The molecular formula is C31H40O9. The maximum Gasteiger partial charge on any atom is 0.338 e. The third-order valence-electron chi connectivity index (χ3n) is 9.96. The lowest BCUT2D eigenvalue weighted by Gasteiger charge is -2.68. The number of esters is 3. The molecular weight excluding hydrogens is 516 g/mol. The Hall–Kier alpha value is -3.04. The van der Waals surface area contributed by atoms with Gasteiger partial charge in [-0.3, -0.25) is 14.4 Å². The van der Waals surface area contributed by atoms with Crippen LogP contribution in [0.1, 0.15) is 71.2 Å². The van der Waals surface area contributed by atoms with Crippen molar-refractivity contribution < 1.29 is 43.6 Å². The first kappa shape index (κ1) is 29.9. The van der Waals surface area contributed by atoms with Gasteiger partial charge in [0.1, 0.15) is 12.2 Å². The number of allylic oxidation sites excluding steroid dienone is 1. The lowest BCUT2D eigenvalue weighted by atomic mass is 9.39. The number of Topliss-reactive ketones (excluding diaryl/α,β-unsaturated/α-hetero) is 1. The molecule has 0 bridgehead atoms. The van der Waals surface area contributed by atoms with Gasteiger partial charge in [0.15, 0.2) is 17.5 Å². The fourth-order valence-electron chi connectivity index (χ4n) is 7.96. The molecule has 9 atom stereocenters. The number of aliphatic hydroxyl groups excluding tert-OH is 1. The summed E-state index contributed by atoms with van der Waals surface area (Å²) >= 11 is 0. The second-order valence-corrected chi connectivity index (χ2v) is 12.7.